The number of aliphatic hydroxyl groups is 1. The largest absolute Gasteiger partial charge is 0.393 e. The Kier molecular flexibility index (Phi) is 4.28. The van der Waals surface area contributed by atoms with Gasteiger partial charge in [0.2, 0.25) is 0 Å². The first kappa shape index (κ1) is 13.0. The molecule has 2 heterocycles. The van der Waals surface area contributed by atoms with Crippen LogP contribution in [0.25, 0.3) is 5.65 Å². The summed E-state index contributed by atoms with van der Waals surface area (Å²) >= 11 is 0. The van der Waals surface area contributed by atoms with Crippen LogP contribution in [0.1, 0.15) is 31.0 Å². The second-order valence-corrected chi connectivity index (χ2v) is 4.58. The predicted octanol–water partition coefficient (Wildman–Crippen LogP) is 1.29. The number of fused-ring (bicyclic) bond motifs is 1. The first-order valence-electron chi connectivity index (χ1n) is 6.38. The van der Waals surface area contributed by atoms with E-state index in [4.69, 9.17) is 0 Å². The van der Waals surface area contributed by atoms with Crippen molar-refractivity contribution in [1.82, 2.24) is 19.9 Å². The fourth-order valence-electron chi connectivity index (χ4n) is 1.83. The molecule has 2 rings (SSSR count). The van der Waals surface area contributed by atoms with Gasteiger partial charge in [-0.3, -0.25) is 0 Å². The Morgan fingerprint density at radius 1 is 1.50 bits per heavy atom. The van der Waals surface area contributed by atoms with Crippen LogP contribution in [-0.2, 0) is 6.54 Å². The third-order valence-electron chi connectivity index (χ3n) is 2.94. The average Bonchev–Trinajstić information content (AvgIpc) is 2.73. The van der Waals surface area contributed by atoms with Crippen LogP contribution in [0.3, 0.4) is 0 Å². The first-order chi connectivity index (χ1) is 8.69. The minimum Gasteiger partial charge on any atom is -0.393 e. The minimum atomic E-state index is -0.202. The third-order valence-corrected chi connectivity index (χ3v) is 2.94. The number of aliphatic hydroxyl groups excluding tert-OH is 1. The summed E-state index contributed by atoms with van der Waals surface area (Å²) in [5.41, 5.74) is 2.94. The summed E-state index contributed by atoms with van der Waals surface area (Å²) in [4.78, 5) is 4.34. The highest BCUT2D eigenvalue weighted by molar-refractivity contribution is 5.38. The Labute approximate surface area is 107 Å². The molecular weight excluding hydrogens is 228 g/mol. The van der Waals surface area contributed by atoms with Crippen molar-refractivity contribution in [2.24, 2.45) is 0 Å². The Balaban J connectivity index is 1.87. The van der Waals surface area contributed by atoms with E-state index < -0.39 is 0 Å². The van der Waals surface area contributed by atoms with E-state index in [0.717, 1.165) is 42.8 Å². The van der Waals surface area contributed by atoms with Crippen molar-refractivity contribution in [2.75, 3.05) is 6.54 Å². The highest BCUT2D eigenvalue weighted by Gasteiger charge is 2.02. The molecule has 1 unspecified atom stereocenters. The van der Waals surface area contributed by atoms with Crippen LogP contribution < -0.4 is 5.32 Å². The summed E-state index contributed by atoms with van der Waals surface area (Å²) in [6.45, 7) is 5.50. The van der Waals surface area contributed by atoms with E-state index in [1.807, 2.05) is 32.3 Å². The maximum atomic E-state index is 9.43. The molecule has 98 valence electrons. The standard InChI is InChI=1S/C13H20N4O/c1-3-12(18)4-5-14-7-11-8-15-13-6-10(2)16-17(13)9-11/h6,8-9,12,14,18H,3-5,7H2,1-2H3. The molecule has 0 bridgehead atoms. The summed E-state index contributed by atoms with van der Waals surface area (Å²) in [5.74, 6) is 0. The van der Waals surface area contributed by atoms with Gasteiger partial charge in [0.25, 0.3) is 0 Å². The van der Waals surface area contributed by atoms with Gasteiger partial charge in [-0.2, -0.15) is 5.10 Å². The van der Waals surface area contributed by atoms with E-state index in [9.17, 15) is 5.11 Å². The van der Waals surface area contributed by atoms with Crippen LogP contribution in [0.4, 0.5) is 0 Å². The second kappa shape index (κ2) is 5.93. The van der Waals surface area contributed by atoms with Crippen LogP contribution in [-0.4, -0.2) is 32.4 Å². The molecule has 0 saturated carbocycles. The molecule has 0 aromatic carbocycles. The van der Waals surface area contributed by atoms with Gasteiger partial charge in [-0.1, -0.05) is 6.92 Å². The van der Waals surface area contributed by atoms with Gasteiger partial charge in [-0.15, -0.1) is 0 Å². The number of aromatic nitrogens is 3. The van der Waals surface area contributed by atoms with Crippen molar-refractivity contribution in [2.45, 2.75) is 39.3 Å². The lowest BCUT2D eigenvalue weighted by atomic mass is 10.2. The topological polar surface area (TPSA) is 62.5 Å². The Morgan fingerprint density at radius 2 is 2.33 bits per heavy atom. The van der Waals surface area contributed by atoms with E-state index in [1.54, 1.807) is 4.52 Å². The Bertz CT molecular complexity index is 509. The molecule has 0 radical (unpaired) electrons. The Morgan fingerprint density at radius 3 is 3.11 bits per heavy atom. The van der Waals surface area contributed by atoms with Gasteiger partial charge in [-0.05, 0) is 26.3 Å². The zero-order valence-corrected chi connectivity index (χ0v) is 10.9. The van der Waals surface area contributed by atoms with Crippen LogP contribution >= 0.6 is 0 Å². The van der Waals surface area contributed by atoms with E-state index in [1.165, 1.54) is 0 Å². The number of hydrogen-bond acceptors (Lipinski definition) is 4. The molecule has 0 aliphatic heterocycles. The van der Waals surface area contributed by atoms with E-state index >= 15 is 0 Å². The molecule has 2 aromatic rings. The van der Waals surface area contributed by atoms with Crippen molar-refractivity contribution in [1.29, 1.82) is 0 Å². The third kappa shape index (κ3) is 3.27. The monoisotopic (exact) mass is 248 g/mol. The van der Waals surface area contributed by atoms with Crippen molar-refractivity contribution < 1.29 is 5.11 Å². The molecule has 18 heavy (non-hydrogen) atoms. The van der Waals surface area contributed by atoms with Crippen LogP contribution in [0, 0.1) is 6.92 Å². The lowest BCUT2D eigenvalue weighted by Gasteiger charge is -2.08. The van der Waals surface area contributed by atoms with E-state index in [2.05, 4.69) is 15.4 Å². The number of aryl methyl sites for hydroxylation is 1. The zero-order valence-electron chi connectivity index (χ0n) is 10.9. The molecule has 2 N–H and O–H groups in total. The maximum Gasteiger partial charge on any atom is 0.155 e. The highest BCUT2D eigenvalue weighted by atomic mass is 16.3. The van der Waals surface area contributed by atoms with Crippen molar-refractivity contribution in [3.63, 3.8) is 0 Å². The SMILES string of the molecule is CCC(O)CCNCc1cnc2cc(C)nn2c1. The maximum absolute atomic E-state index is 9.43. The predicted molar refractivity (Wildman–Crippen MR) is 70.3 cm³/mol. The lowest BCUT2D eigenvalue weighted by Crippen LogP contribution is -2.20. The number of hydrogen-bond donors (Lipinski definition) is 2. The molecule has 0 aliphatic rings. The fourth-order valence-corrected chi connectivity index (χ4v) is 1.83. The number of rotatable bonds is 6. The molecular formula is C13H20N4O. The van der Waals surface area contributed by atoms with Gasteiger partial charge in [0.15, 0.2) is 5.65 Å². The molecule has 5 nitrogen and oxygen atoms in total. The quantitative estimate of drug-likeness (QED) is 0.756. The van der Waals surface area contributed by atoms with Crippen LogP contribution in [0.5, 0.6) is 0 Å². The van der Waals surface area contributed by atoms with Crippen LogP contribution in [0.15, 0.2) is 18.5 Å². The molecule has 2 aromatic heterocycles. The lowest BCUT2D eigenvalue weighted by molar-refractivity contribution is 0.159. The highest BCUT2D eigenvalue weighted by Crippen LogP contribution is 2.04. The van der Waals surface area contributed by atoms with Gasteiger partial charge in [0, 0.05) is 30.6 Å². The van der Waals surface area contributed by atoms with Crippen molar-refractivity contribution in [3.05, 3.63) is 29.7 Å². The van der Waals surface area contributed by atoms with Gasteiger partial charge in [-0.25, -0.2) is 9.50 Å². The molecule has 0 amide bonds. The summed E-state index contributed by atoms with van der Waals surface area (Å²) in [6.07, 6.45) is 5.24. The normalized spacial score (nSPS) is 13.1. The minimum absolute atomic E-state index is 0.202. The van der Waals surface area contributed by atoms with Crippen molar-refractivity contribution in [3.8, 4) is 0 Å². The van der Waals surface area contributed by atoms with Crippen molar-refractivity contribution >= 4 is 5.65 Å². The van der Waals surface area contributed by atoms with Gasteiger partial charge >= 0.3 is 0 Å². The second-order valence-electron chi connectivity index (χ2n) is 4.58. The Hall–Kier alpha value is -1.46. The van der Waals surface area contributed by atoms with E-state index in [-0.39, 0.29) is 6.10 Å². The first-order valence-corrected chi connectivity index (χ1v) is 6.38. The molecule has 5 heteroatoms. The summed E-state index contributed by atoms with van der Waals surface area (Å²) in [5, 5.41) is 17.1. The number of nitrogens with zero attached hydrogens (tertiary/aromatic N) is 3. The molecule has 0 saturated heterocycles. The number of nitrogens with one attached hydrogen (secondary N) is 1. The summed E-state index contributed by atoms with van der Waals surface area (Å²) in [6, 6.07) is 1.95. The van der Waals surface area contributed by atoms with E-state index in [0.29, 0.717) is 0 Å². The summed E-state index contributed by atoms with van der Waals surface area (Å²) in [7, 11) is 0. The van der Waals surface area contributed by atoms with Gasteiger partial charge < -0.3 is 10.4 Å². The molecule has 0 spiro atoms. The molecule has 0 fully saturated rings. The summed E-state index contributed by atoms with van der Waals surface area (Å²) < 4.78 is 1.80. The zero-order chi connectivity index (χ0) is 13.0. The molecule has 1 atom stereocenters. The average molecular weight is 248 g/mol. The smallest absolute Gasteiger partial charge is 0.155 e. The van der Waals surface area contributed by atoms with Crippen LogP contribution in [0.2, 0.25) is 0 Å². The van der Waals surface area contributed by atoms with Gasteiger partial charge in [0.05, 0.1) is 11.8 Å². The fraction of sp³-hybridized carbons (Fsp3) is 0.538. The van der Waals surface area contributed by atoms with Gasteiger partial charge in [0.1, 0.15) is 0 Å². The molecule has 0 aliphatic carbocycles.